The fourth-order valence-corrected chi connectivity index (χ4v) is 3.85. The van der Waals surface area contributed by atoms with Crippen LogP contribution in [0.15, 0.2) is 18.2 Å². The first kappa shape index (κ1) is 15.1. The van der Waals surface area contributed by atoms with E-state index in [4.69, 9.17) is 23.2 Å². The van der Waals surface area contributed by atoms with Gasteiger partial charge >= 0.3 is 0 Å². The standard InChI is InChI=1S/C16H20Cl2N2O/c1-19-9-10-4-3-7-20(10)16(21)13-8-12(13)11-5-2-6-14(17)15(11)18/h2,5-6,10,12-13,19H,3-4,7-9H2,1H3. The predicted octanol–water partition coefficient (Wildman–Crippen LogP) is 3.31. The molecule has 2 fully saturated rings. The molecule has 0 aromatic heterocycles. The lowest BCUT2D eigenvalue weighted by Gasteiger charge is -2.24. The summed E-state index contributed by atoms with van der Waals surface area (Å²) in [5.74, 6) is 0.603. The number of benzene rings is 1. The molecule has 1 aliphatic carbocycles. The summed E-state index contributed by atoms with van der Waals surface area (Å²) in [6, 6.07) is 6.03. The van der Waals surface area contributed by atoms with Crippen molar-refractivity contribution >= 4 is 29.1 Å². The van der Waals surface area contributed by atoms with Crippen LogP contribution in [-0.2, 0) is 4.79 Å². The normalized spacial score (nSPS) is 28.0. The summed E-state index contributed by atoms with van der Waals surface area (Å²) in [7, 11) is 1.94. The van der Waals surface area contributed by atoms with Crippen molar-refractivity contribution < 1.29 is 4.79 Å². The molecule has 1 N–H and O–H groups in total. The van der Waals surface area contributed by atoms with Gasteiger partial charge in [-0.25, -0.2) is 0 Å². The van der Waals surface area contributed by atoms with Crippen molar-refractivity contribution in [3.63, 3.8) is 0 Å². The van der Waals surface area contributed by atoms with Crippen molar-refractivity contribution in [2.45, 2.75) is 31.2 Å². The number of hydrogen-bond donors (Lipinski definition) is 1. The topological polar surface area (TPSA) is 32.3 Å². The van der Waals surface area contributed by atoms with Crippen LogP contribution in [0.5, 0.6) is 0 Å². The van der Waals surface area contributed by atoms with E-state index >= 15 is 0 Å². The lowest BCUT2D eigenvalue weighted by Crippen LogP contribution is -2.41. The van der Waals surface area contributed by atoms with Crippen LogP contribution in [0.2, 0.25) is 10.0 Å². The van der Waals surface area contributed by atoms with Gasteiger partial charge in [-0.15, -0.1) is 0 Å². The monoisotopic (exact) mass is 326 g/mol. The molecular weight excluding hydrogens is 307 g/mol. The summed E-state index contributed by atoms with van der Waals surface area (Å²) >= 11 is 12.3. The van der Waals surface area contributed by atoms with Gasteiger partial charge in [-0.1, -0.05) is 35.3 Å². The molecule has 1 aromatic rings. The summed E-state index contributed by atoms with van der Waals surface area (Å²) in [6.45, 7) is 1.76. The minimum Gasteiger partial charge on any atom is -0.338 e. The number of likely N-dealkylation sites (N-methyl/N-ethyl adjacent to an activating group) is 1. The SMILES string of the molecule is CNCC1CCCN1C(=O)C1CC1c1cccc(Cl)c1Cl. The maximum absolute atomic E-state index is 12.7. The minimum atomic E-state index is 0.0819. The first-order chi connectivity index (χ1) is 10.1. The van der Waals surface area contributed by atoms with E-state index in [1.54, 1.807) is 6.07 Å². The minimum absolute atomic E-state index is 0.0819. The van der Waals surface area contributed by atoms with Crippen LogP contribution >= 0.6 is 23.2 Å². The highest BCUT2D eigenvalue weighted by atomic mass is 35.5. The number of rotatable bonds is 4. The highest BCUT2D eigenvalue weighted by Gasteiger charge is 2.48. The second-order valence-electron chi connectivity index (χ2n) is 5.98. The Kier molecular flexibility index (Phi) is 4.43. The summed E-state index contributed by atoms with van der Waals surface area (Å²) in [5, 5.41) is 4.36. The molecule has 1 aromatic carbocycles. The Balaban J connectivity index is 1.70. The molecule has 0 bridgehead atoms. The van der Waals surface area contributed by atoms with Crippen LogP contribution in [0.4, 0.5) is 0 Å². The Hall–Kier alpha value is -0.770. The van der Waals surface area contributed by atoms with Crippen LogP contribution in [0, 0.1) is 5.92 Å². The van der Waals surface area contributed by atoms with E-state index in [0.717, 1.165) is 37.9 Å². The number of carbonyl (C=O) groups excluding carboxylic acids is 1. The van der Waals surface area contributed by atoms with Gasteiger partial charge in [0.05, 0.1) is 10.0 Å². The lowest BCUT2D eigenvalue weighted by atomic mass is 10.1. The van der Waals surface area contributed by atoms with E-state index in [0.29, 0.717) is 16.1 Å². The zero-order valence-electron chi connectivity index (χ0n) is 12.1. The number of carbonyl (C=O) groups is 1. The molecule has 21 heavy (non-hydrogen) atoms. The molecule has 114 valence electrons. The van der Waals surface area contributed by atoms with Gasteiger partial charge in [-0.05, 0) is 43.9 Å². The summed E-state index contributed by atoms with van der Waals surface area (Å²) in [4.78, 5) is 14.8. The Morgan fingerprint density at radius 3 is 3.00 bits per heavy atom. The second-order valence-corrected chi connectivity index (χ2v) is 6.76. The summed E-state index contributed by atoms with van der Waals surface area (Å²) in [5.41, 5.74) is 1.02. The van der Waals surface area contributed by atoms with Gasteiger partial charge in [0.15, 0.2) is 0 Å². The van der Waals surface area contributed by atoms with Gasteiger partial charge in [0, 0.05) is 25.0 Å². The Bertz CT molecular complexity index is 549. The third kappa shape index (κ3) is 2.92. The van der Waals surface area contributed by atoms with Gasteiger partial charge < -0.3 is 10.2 Å². The maximum atomic E-state index is 12.7. The number of halogens is 2. The lowest BCUT2D eigenvalue weighted by molar-refractivity contribution is -0.133. The van der Waals surface area contributed by atoms with Crippen molar-refractivity contribution in [1.82, 2.24) is 10.2 Å². The number of likely N-dealkylation sites (tertiary alicyclic amines) is 1. The molecule has 3 nitrogen and oxygen atoms in total. The molecule has 5 heteroatoms. The number of nitrogens with one attached hydrogen (secondary N) is 1. The summed E-state index contributed by atoms with van der Waals surface area (Å²) < 4.78 is 0. The molecule has 1 heterocycles. The molecule has 3 unspecified atom stereocenters. The molecule has 3 atom stereocenters. The van der Waals surface area contributed by atoms with Crippen LogP contribution in [0.1, 0.15) is 30.7 Å². The fraction of sp³-hybridized carbons (Fsp3) is 0.562. The fourth-order valence-electron chi connectivity index (χ4n) is 3.41. The Morgan fingerprint density at radius 2 is 2.24 bits per heavy atom. The van der Waals surface area contributed by atoms with Crippen molar-refractivity contribution in [3.8, 4) is 0 Å². The van der Waals surface area contributed by atoms with E-state index in [9.17, 15) is 4.79 Å². The molecule has 1 amide bonds. The van der Waals surface area contributed by atoms with Gasteiger partial charge in [-0.3, -0.25) is 4.79 Å². The van der Waals surface area contributed by atoms with Crippen LogP contribution in [0.3, 0.4) is 0 Å². The van der Waals surface area contributed by atoms with Crippen LogP contribution in [-0.4, -0.2) is 37.0 Å². The zero-order chi connectivity index (χ0) is 15.0. The maximum Gasteiger partial charge on any atom is 0.226 e. The highest BCUT2D eigenvalue weighted by Crippen LogP contribution is 2.51. The molecule has 1 saturated heterocycles. The quantitative estimate of drug-likeness (QED) is 0.920. The van der Waals surface area contributed by atoms with E-state index in [1.165, 1.54) is 0 Å². The molecule has 0 radical (unpaired) electrons. The number of hydrogen-bond acceptors (Lipinski definition) is 2. The van der Waals surface area contributed by atoms with Gasteiger partial charge in [-0.2, -0.15) is 0 Å². The molecule has 2 aliphatic rings. The average molecular weight is 327 g/mol. The van der Waals surface area contributed by atoms with E-state index in [2.05, 4.69) is 10.2 Å². The van der Waals surface area contributed by atoms with Gasteiger partial charge in [0.1, 0.15) is 0 Å². The molecular formula is C16H20Cl2N2O. The van der Waals surface area contributed by atoms with Crippen molar-refractivity contribution in [2.24, 2.45) is 5.92 Å². The second kappa shape index (κ2) is 6.15. The Labute approximate surface area is 135 Å². The largest absolute Gasteiger partial charge is 0.338 e. The van der Waals surface area contributed by atoms with Gasteiger partial charge in [0.2, 0.25) is 5.91 Å². The molecule has 3 rings (SSSR count). The van der Waals surface area contributed by atoms with E-state index < -0.39 is 0 Å². The van der Waals surface area contributed by atoms with Crippen molar-refractivity contribution in [2.75, 3.05) is 20.1 Å². The smallest absolute Gasteiger partial charge is 0.226 e. The van der Waals surface area contributed by atoms with Crippen molar-refractivity contribution in [1.29, 1.82) is 0 Å². The van der Waals surface area contributed by atoms with Crippen LogP contribution < -0.4 is 5.32 Å². The predicted molar refractivity (Wildman–Crippen MR) is 86.0 cm³/mol. The van der Waals surface area contributed by atoms with Crippen LogP contribution in [0.25, 0.3) is 0 Å². The first-order valence-corrected chi connectivity index (χ1v) is 8.28. The van der Waals surface area contributed by atoms with E-state index in [-0.39, 0.29) is 17.7 Å². The summed E-state index contributed by atoms with van der Waals surface area (Å²) in [6.07, 6.45) is 3.09. The van der Waals surface area contributed by atoms with E-state index in [1.807, 2.05) is 19.2 Å². The zero-order valence-corrected chi connectivity index (χ0v) is 13.6. The third-order valence-corrected chi connectivity index (χ3v) is 5.42. The first-order valence-electron chi connectivity index (χ1n) is 7.52. The van der Waals surface area contributed by atoms with Gasteiger partial charge in [0.25, 0.3) is 0 Å². The average Bonchev–Trinajstić information content (AvgIpc) is 3.13. The third-order valence-electron chi connectivity index (χ3n) is 4.59. The number of amides is 1. The molecule has 1 aliphatic heterocycles. The Morgan fingerprint density at radius 1 is 1.43 bits per heavy atom. The van der Waals surface area contributed by atoms with Crippen molar-refractivity contribution in [3.05, 3.63) is 33.8 Å². The number of nitrogens with zero attached hydrogens (tertiary/aromatic N) is 1. The molecule has 1 saturated carbocycles. The highest BCUT2D eigenvalue weighted by molar-refractivity contribution is 6.42. The molecule has 0 spiro atoms.